The van der Waals surface area contributed by atoms with Gasteiger partial charge in [-0.2, -0.15) is 5.10 Å². The predicted octanol–water partition coefficient (Wildman–Crippen LogP) is 3.83. The van der Waals surface area contributed by atoms with E-state index in [0.717, 1.165) is 34.5 Å². The molecule has 0 aliphatic carbocycles. The summed E-state index contributed by atoms with van der Waals surface area (Å²) in [5.74, 6) is 0.808. The highest BCUT2D eigenvalue weighted by Crippen LogP contribution is 2.30. The number of hydrogen-bond acceptors (Lipinski definition) is 3. The summed E-state index contributed by atoms with van der Waals surface area (Å²) >= 11 is 0. The molecule has 0 amide bonds. The van der Waals surface area contributed by atoms with Gasteiger partial charge in [-0.05, 0) is 24.3 Å². The average molecular weight is 331 g/mol. The number of fused-ring (bicyclic) bond motifs is 1. The Kier molecular flexibility index (Phi) is 3.61. The fraction of sp³-hybridized carbons (Fsp3) is 0.100. The quantitative estimate of drug-likeness (QED) is 0.534. The number of carbonyl (C=O) groups is 1. The number of rotatable bonds is 4. The van der Waals surface area contributed by atoms with Crippen LogP contribution in [0.3, 0.4) is 0 Å². The van der Waals surface area contributed by atoms with Crippen LogP contribution in [-0.4, -0.2) is 27.6 Å². The number of nitrogens with zero attached hydrogens (tertiary/aromatic N) is 3. The molecule has 0 spiro atoms. The van der Waals surface area contributed by atoms with Crippen LogP contribution in [0.2, 0.25) is 0 Å². The number of aryl methyl sites for hydroxylation is 1. The highest BCUT2D eigenvalue weighted by atomic mass is 16.5. The van der Waals surface area contributed by atoms with Gasteiger partial charge in [0.2, 0.25) is 0 Å². The van der Waals surface area contributed by atoms with Gasteiger partial charge in [-0.3, -0.25) is 4.79 Å². The summed E-state index contributed by atoms with van der Waals surface area (Å²) in [6.07, 6.45) is 2.82. The number of ether oxygens (including phenoxy) is 1. The summed E-state index contributed by atoms with van der Waals surface area (Å²) in [6, 6.07) is 17.6. The van der Waals surface area contributed by atoms with Crippen LogP contribution in [0.25, 0.3) is 28.2 Å². The summed E-state index contributed by atoms with van der Waals surface area (Å²) in [4.78, 5) is 11.8. The Bertz CT molecular complexity index is 1040. The molecule has 0 aliphatic rings. The molecule has 0 bridgehead atoms. The summed E-state index contributed by atoms with van der Waals surface area (Å²) < 4.78 is 8.97. The van der Waals surface area contributed by atoms with Crippen LogP contribution in [0, 0.1) is 0 Å². The lowest BCUT2D eigenvalue weighted by Crippen LogP contribution is -1.95. The summed E-state index contributed by atoms with van der Waals surface area (Å²) in [5, 5.41) is 4.63. The number of aromatic nitrogens is 3. The van der Waals surface area contributed by atoms with Crippen LogP contribution in [0.5, 0.6) is 5.75 Å². The van der Waals surface area contributed by atoms with Gasteiger partial charge in [0.25, 0.3) is 0 Å². The summed E-state index contributed by atoms with van der Waals surface area (Å²) in [6.45, 7) is 0. The second-order valence-corrected chi connectivity index (χ2v) is 5.82. The minimum atomic E-state index is 0.591. The first-order valence-corrected chi connectivity index (χ1v) is 7.96. The minimum Gasteiger partial charge on any atom is -0.497 e. The molecule has 0 atom stereocenters. The van der Waals surface area contributed by atoms with Gasteiger partial charge in [-0.1, -0.05) is 30.3 Å². The molecule has 124 valence electrons. The first kappa shape index (κ1) is 15.2. The Balaban J connectivity index is 1.89. The van der Waals surface area contributed by atoms with Crippen molar-refractivity contribution < 1.29 is 9.53 Å². The lowest BCUT2D eigenvalue weighted by atomic mass is 10.1. The van der Waals surface area contributed by atoms with Gasteiger partial charge in [-0.15, -0.1) is 0 Å². The predicted molar refractivity (Wildman–Crippen MR) is 97.0 cm³/mol. The Morgan fingerprint density at radius 1 is 1.00 bits per heavy atom. The van der Waals surface area contributed by atoms with E-state index in [9.17, 15) is 4.79 Å². The molecule has 2 heterocycles. The van der Waals surface area contributed by atoms with E-state index in [-0.39, 0.29) is 0 Å². The average Bonchev–Trinajstić information content (AvgIpc) is 3.19. The van der Waals surface area contributed by atoms with Gasteiger partial charge < -0.3 is 9.30 Å². The van der Waals surface area contributed by atoms with Crippen LogP contribution < -0.4 is 4.74 Å². The second kappa shape index (κ2) is 5.94. The lowest BCUT2D eigenvalue weighted by molar-refractivity contribution is 0.112. The fourth-order valence-corrected chi connectivity index (χ4v) is 3.13. The zero-order valence-corrected chi connectivity index (χ0v) is 14.0. The normalized spacial score (nSPS) is 11.0. The van der Waals surface area contributed by atoms with Gasteiger partial charge in [0.15, 0.2) is 6.29 Å². The van der Waals surface area contributed by atoms with E-state index in [2.05, 4.69) is 5.10 Å². The van der Waals surface area contributed by atoms with Crippen LogP contribution in [0.4, 0.5) is 0 Å². The summed E-state index contributed by atoms with van der Waals surface area (Å²) in [7, 11) is 3.59. The van der Waals surface area contributed by atoms with Gasteiger partial charge in [0, 0.05) is 18.2 Å². The SMILES string of the molecule is COc1ccc(-c2cn3nc(-c4ccccc4)c(C=O)c3n2C)cc1. The van der Waals surface area contributed by atoms with Crippen molar-refractivity contribution in [2.75, 3.05) is 7.11 Å². The third-order valence-electron chi connectivity index (χ3n) is 4.40. The van der Waals surface area contributed by atoms with Gasteiger partial charge >= 0.3 is 0 Å². The first-order valence-electron chi connectivity index (χ1n) is 7.96. The Labute approximate surface area is 145 Å². The molecule has 25 heavy (non-hydrogen) atoms. The number of hydrogen-bond donors (Lipinski definition) is 0. The van der Waals surface area contributed by atoms with E-state index in [0.29, 0.717) is 11.3 Å². The first-order chi connectivity index (χ1) is 12.2. The molecule has 0 aliphatic heterocycles. The maximum Gasteiger partial charge on any atom is 0.156 e. The Hall–Kier alpha value is -3.34. The second-order valence-electron chi connectivity index (χ2n) is 5.82. The number of benzene rings is 2. The standard InChI is InChI=1S/C20H17N3O2/c1-22-18(14-8-10-16(25-2)11-9-14)12-23-20(22)17(13-24)19(21-23)15-6-4-3-5-7-15/h3-13H,1-2H3. The molecule has 0 fully saturated rings. The number of imidazole rings is 1. The highest BCUT2D eigenvalue weighted by molar-refractivity contribution is 5.94. The highest BCUT2D eigenvalue weighted by Gasteiger charge is 2.19. The van der Waals surface area contributed by atoms with E-state index in [1.807, 2.05) is 72.4 Å². The van der Waals surface area contributed by atoms with E-state index >= 15 is 0 Å². The lowest BCUT2D eigenvalue weighted by Gasteiger charge is -2.05. The van der Waals surface area contributed by atoms with Crippen molar-refractivity contribution in [1.82, 2.24) is 14.2 Å². The van der Waals surface area contributed by atoms with E-state index in [1.165, 1.54) is 0 Å². The van der Waals surface area contributed by atoms with Crippen molar-refractivity contribution >= 4 is 11.9 Å². The third-order valence-corrected chi connectivity index (χ3v) is 4.40. The molecule has 2 aromatic carbocycles. The van der Waals surface area contributed by atoms with E-state index < -0.39 is 0 Å². The molecule has 0 saturated heterocycles. The fourth-order valence-electron chi connectivity index (χ4n) is 3.13. The molecular weight excluding hydrogens is 314 g/mol. The third kappa shape index (κ3) is 2.41. The van der Waals surface area contributed by atoms with Crippen molar-refractivity contribution in [3.8, 4) is 28.3 Å². The van der Waals surface area contributed by atoms with E-state index in [4.69, 9.17) is 4.74 Å². The van der Waals surface area contributed by atoms with Gasteiger partial charge in [0.05, 0.1) is 24.6 Å². The molecule has 0 radical (unpaired) electrons. The molecule has 5 heteroatoms. The van der Waals surface area contributed by atoms with Crippen LogP contribution in [-0.2, 0) is 7.05 Å². The van der Waals surface area contributed by atoms with Crippen LogP contribution in [0.15, 0.2) is 60.8 Å². The maximum absolute atomic E-state index is 11.8. The van der Waals surface area contributed by atoms with Crippen molar-refractivity contribution in [1.29, 1.82) is 0 Å². The Morgan fingerprint density at radius 3 is 2.36 bits per heavy atom. The van der Waals surface area contributed by atoms with Crippen molar-refractivity contribution in [3.63, 3.8) is 0 Å². The molecule has 0 saturated carbocycles. The monoisotopic (exact) mass is 331 g/mol. The number of aldehydes is 1. The molecule has 4 rings (SSSR count). The zero-order valence-electron chi connectivity index (χ0n) is 14.0. The number of methoxy groups -OCH3 is 1. The number of carbonyl (C=O) groups excluding carboxylic acids is 1. The van der Waals surface area contributed by atoms with Gasteiger partial charge in [-0.25, -0.2) is 4.52 Å². The molecule has 2 aromatic heterocycles. The molecular formula is C20H17N3O2. The molecule has 0 N–H and O–H groups in total. The maximum atomic E-state index is 11.8. The van der Waals surface area contributed by atoms with Crippen molar-refractivity contribution in [3.05, 3.63) is 66.4 Å². The Morgan fingerprint density at radius 2 is 1.72 bits per heavy atom. The largest absolute Gasteiger partial charge is 0.497 e. The van der Waals surface area contributed by atoms with E-state index in [1.54, 1.807) is 11.6 Å². The van der Waals surface area contributed by atoms with Crippen LogP contribution >= 0.6 is 0 Å². The molecule has 0 unspecified atom stereocenters. The molecule has 5 nitrogen and oxygen atoms in total. The smallest absolute Gasteiger partial charge is 0.156 e. The molecule has 4 aromatic rings. The summed E-state index contributed by atoms with van der Waals surface area (Å²) in [5.41, 5.74) is 5.01. The topological polar surface area (TPSA) is 48.5 Å². The minimum absolute atomic E-state index is 0.591. The van der Waals surface area contributed by atoms with Crippen molar-refractivity contribution in [2.24, 2.45) is 7.05 Å². The zero-order chi connectivity index (χ0) is 17.4. The van der Waals surface area contributed by atoms with Crippen LogP contribution in [0.1, 0.15) is 10.4 Å². The van der Waals surface area contributed by atoms with Crippen molar-refractivity contribution in [2.45, 2.75) is 0 Å². The van der Waals surface area contributed by atoms with Gasteiger partial charge in [0.1, 0.15) is 17.1 Å².